The molecule has 0 fully saturated rings. The molecule has 19 heavy (non-hydrogen) atoms. The van der Waals surface area contributed by atoms with Crippen molar-refractivity contribution in [3.63, 3.8) is 0 Å². The van der Waals surface area contributed by atoms with E-state index >= 15 is 0 Å². The van der Waals surface area contributed by atoms with E-state index in [4.69, 9.17) is 5.73 Å². The second-order valence-corrected chi connectivity index (χ2v) is 3.73. The number of carbonyl (C=O) groups excluding carboxylic acids is 1. The Kier molecular flexibility index (Phi) is 3.39. The summed E-state index contributed by atoms with van der Waals surface area (Å²) in [6, 6.07) is 6.12. The van der Waals surface area contributed by atoms with E-state index in [9.17, 15) is 14.9 Å². The van der Waals surface area contributed by atoms with E-state index in [-0.39, 0.29) is 12.1 Å². The summed E-state index contributed by atoms with van der Waals surface area (Å²) in [5.74, 6) is 4.84. The van der Waals surface area contributed by atoms with Crippen LogP contribution in [0, 0.1) is 22.0 Å². The van der Waals surface area contributed by atoms with Gasteiger partial charge >= 0.3 is 0 Å². The second-order valence-electron chi connectivity index (χ2n) is 3.73. The van der Waals surface area contributed by atoms with Gasteiger partial charge in [0.2, 0.25) is 5.91 Å². The first kappa shape index (κ1) is 12.5. The van der Waals surface area contributed by atoms with Crippen LogP contribution in [0.5, 0.6) is 0 Å². The Labute approximate surface area is 108 Å². The fourth-order valence-corrected chi connectivity index (χ4v) is 1.64. The van der Waals surface area contributed by atoms with Gasteiger partial charge in [-0.1, -0.05) is 11.8 Å². The molecule has 6 heteroatoms. The third kappa shape index (κ3) is 2.66. The molecule has 6 nitrogen and oxygen atoms in total. The number of rotatable bonds is 2. The molecule has 1 heterocycles. The number of non-ortho nitro benzene ring substituents is 1. The van der Waals surface area contributed by atoms with Crippen LogP contribution in [0.1, 0.15) is 12.0 Å². The highest BCUT2D eigenvalue weighted by Gasteiger charge is 2.13. The first-order valence-corrected chi connectivity index (χ1v) is 5.39. The molecule has 1 amide bonds. The summed E-state index contributed by atoms with van der Waals surface area (Å²) in [4.78, 5) is 25.2. The van der Waals surface area contributed by atoms with Crippen LogP contribution < -0.4 is 5.73 Å². The summed E-state index contributed by atoms with van der Waals surface area (Å²) >= 11 is 0. The van der Waals surface area contributed by atoms with Crippen LogP contribution in [-0.4, -0.2) is 15.8 Å². The number of amides is 1. The van der Waals surface area contributed by atoms with E-state index in [2.05, 4.69) is 16.8 Å². The fraction of sp³-hybridized carbons (Fsp3) is 0.0769. The number of nitrogens with zero attached hydrogens (tertiary/aromatic N) is 2. The van der Waals surface area contributed by atoms with Gasteiger partial charge in [-0.2, -0.15) is 0 Å². The third-order valence-corrected chi connectivity index (χ3v) is 2.43. The molecule has 0 bridgehead atoms. The number of nitro groups is 1. The van der Waals surface area contributed by atoms with Crippen molar-refractivity contribution >= 4 is 22.5 Å². The number of nitro benzene ring substituents is 1. The molecule has 0 atom stereocenters. The lowest BCUT2D eigenvalue weighted by atomic mass is 10.1. The van der Waals surface area contributed by atoms with Gasteiger partial charge in [-0.05, 0) is 18.2 Å². The number of primary amides is 1. The summed E-state index contributed by atoms with van der Waals surface area (Å²) in [6.07, 6.45) is 1.47. The highest BCUT2D eigenvalue weighted by atomic mass is 16.6. The molecule has 94 valence electrons. The number of benzene rings is 1. The van der Waals surface area contributed by atoms with Crippen molar-refractivity contribution in [1.29, 1.82) is 0 Å². The van der Waals surface area contributed by atoms with E-state index in [0.29, 0.717) is 16.5 Å². The summed E-state index contributed by atoms with van der Waals surface area (Å²) < 4.78 is 0. The number of nitrogens with two attached hydrogens (primary N) is 1. The maximum atomic E-state index is 10.9. The zero-order chi connectivity index (χ0) is 13.8. The first-order chi connectivity index (χ1) is 9.09. The molecule has 0 saturated carbocycles. The predicted octanol–water partition coefficient (Wildman–Crippen LogP) is 1.37. The van der Waals surface area contributed by atoms with E-state index in [1.54, 1.807) is 12.1 Å². The fourth-order valence-electron chi connectivity index (χ4n) is 1.64. The zero-order valence-corrected chi connectivity index (χ0v) is 9.79. The molecule has 0 saturated heterocycles. The second kappa shape index (κ2) is 5.14. The first-order valence-electron chi connectivity index (χ1n) is 5.39. The Bertz CT molecular complexity index is 729. The van der Waals surface area contributed by atoms with Crippen molar-refractivity contribution in [2.75, 3.05) is 0 Å². The van der Waals surface area contributed by atoms with Gasteiger partial charge < -0.3 is 5.73 Å². The highest BCUT2D eigenvalue weighted by molar-refractivity contribution is 5.92. The largest absolute Gasteiger partial charge is 0.369 e. The Morgan fingerprint density at radius 1 is 1.42 bits per heavy atom. The van der Waals surface area contributed by atoms with Gasteiger partial charge in [0.15, 0.2) is 0 Å². The minimum Gasteiger partial charge on any atom is -0.369 e. The topological polar surface area (TPSA) is 99.1 Å². The Hall–Kier alpha value is -2.94. The van der Waals surface area contributed by atoms with Gasteiger partial charge in [0.25, 0.3) is 5.69 Å². The van der Waals surface area contributed by atoms with Gasteiger partial charge in [0.05, 0.1) is 27.8 Å². The van der Waals surface area contributed by atoms with E-state index < -0.39 is 10.8 Å². The van der Waals surface area contributed by atoms with Crippen LogP contribution in [0.4, 0.5) is 5.69 Å². The van der Waals surface area contributed by atoms with Crippen molar-refractivity contribution in [3.05, 3.63) is 46.1 Å². The minimum atomic E-state index is -0.522. The molecule has 1 aromatic heterocycles. The molecule has 0 unspecified atom stereocenters. The Balaban J connectivity index is 2.58. The molecule has 0 aliphatic heterocycles. The normalized spacial score (nSPS) is 9.68. The van der Waals surface area contributed by atoms with Crippen molar-refractivity contribution in [3.8, 4) is 11.8 Å². The lowest BCUT2D eigenvalue weighted by molar-refractivity contribution is -0.383. The monoisotopic (exact) mass is 255 g/mol. The number of fused-ring (bicyclic) bond motifs is 1. The molecule has 2 aromatic rings. The van der Waals surface area contributed by atoms with Crippen molar-refractivity contribution in [1.82, 2.24) is 4.98 Å². The molecule has 0 radical (unpaired) electrons. The summed E-state index contributed by atoms with van der Waals surface area (Å²) in [7, 11) is 0. The summed E-state index contributed by atoms with van der Waals surface area (Å²) in [5.41, 5.74) is 5.93. The molecule has 0 aliphatic carbocycles. The van der Waals surface area contributed by atoms with Gasteiger partial charge in [0.1, 0.15) is 0 Å². The van der Waals surface area contributed by atoms with Crippen molar-refractivity contribution in [2.24, 2.45) is 5.73 Å². The van der Waals surface area contributed by atoms with Crippen LogP contribution in [0.2, 0.25) is 0 Å². The standard InChI is InChI=1S/C13H9N3O3/c14-12(17)5-1-3-9-6-7-11(16(18)19)10-4-2-8-15-13(9)10/h2,4,6-8H,5H2,(H2,14,17). The Morgan fingerprint density at radius 2 is 2.21 bits per heavy atom. The van der Waals surface area contributed by atoms with E-state index in [1.165, 1.54) is 18.3 Å². The van der Waals surface area contributed by atoms with Crippen LogP contribution in [0.25, 0.3) is 10.9 Å². The number of pyridine rings is 1. The lowest BCUT2D eigenvalue weighted by Gasteiger charge is -2.00. The smallest absolute Gasteiger partial charge is 0.278 e. The third-order valence-electron chi connectivity index (χ3n) is 2.43. The number of hydrogen-bond acceptors (Lipinski definition) is 4. The van der Waals surface area contributed by atoms with Crippen molar-refractivity contribution in [2.45, 2.75) is 6.42 Å². The highest BCUT2D eigenvalue weighted by Crippen LogP contribution is 2.26. The SMILES string of the molecule is NC(=O)CC#Cc1ccc([N+](=O)[O-])c2cccnc12. The molecule has 1 aromatic carbocycles. The van der Waals surface area contributed by atoms with Crippen LogP contribution in [-0.2, 0) is 4.79 Å². The maximum Gasteiger partial charge on any atom is 0.278 e. The number of aromatic nitrogens is 1. The van der Waals surface area contributed by atoms with Gasteiger partial charge in [-0.3, -0.25) is 19.9 Å². The van der Waals surface area contributed by atoms with Crippen LogP contribution in [0.3, 0.4) is 0 Å². The van der Waals surface area contributed by atoms with Gasteiger partial charge in [-0.25, -0.2) is 0 Å². The minimum absolute atomic E-state index is 0.0245. The Morgan fingerprint density at radius 3 is 2.89 bits per heavy atom. The van der Waals surface area contributed by atoms with Crippen LogP contribution >= 0.6 is 0 Å². The summed E-state index contributed by atoms with van der Waals surface area (Å²) in [5, 5.41) is 11.3. The van der Waals surface area contributed by atoms with Crippen molar-refractivity contribution < 1.29 is 9.72 Å². The average Bonchev–Trinajstić information content (AvgIpc) is 2.38. The molecule has 2 rings (SSSR count). The van der Waals surface area contributed by atoms with Crippen LogP contribution in [0.15, 0.2) is 30.5 Å². The van der Waals surface area contributed by atoms with E-state index in [0.717, 1.165) is 0 Å². The molecule has 0 spiro atoms. The zero-order valence-electron chi connectivity index (χ0n) is 9.79. The molecule has 0 aliphatic rings. The lowest BCUT2D eigenvalue weighted by Crippen LogP contribution is -2.08. The van der Waals surface area contributed by atoms with Gasteiger partial charge in [0, 0.05) is 12.3 Å². The molecule has 2 N–H and O–H groups in total. The number of carbonyl (C=O) groups is 1. The molecular formula is C13H9N3O3. The predicted molar refractivity (Wildman–Crippen MR) is 69.1 cm³/mol. The average molecular weight is 255 g/mol. The quantitative estimate of drug-likeness (QED) is 0.497. The molecular weight excluding hydrogens is 246 g/mol. The van der Waals surface area contributed by atoms with E-state index in [1.807, 2.05) is 0 Å². The van der Waals surface area contributed by atoms with Gasteiger partial charge in [-0.15, -0.1) is 0 Å². The number of hydrogen-bond donors (Lipinski definition) is 1. The maximum absolute atomic E-state index is 10.9. The summed E-state index contributed by atoms with van der Waals surface area (Å²) in [6.45, 7) is 0.